The summed E-state index contributed by atoms with van der Waals surface area (Å²) >= 11 is 3.33. The van der Waals surface area contributed by atoms with Crippen LogP contribution in [0, 0.1) is 35.5 Å². The zero-order valence-corrected chi connectivity index (χ0v) is 22.6. The molecule has 10 heteroatoms. The molecule has 4 aromatic rings. The molecule has 2 aromatic heterocycles. The molecule has 0 radical (unpaired) electrons. The van der Waals surface area contributed by atoms with Crippen LogP contribution >= 0.6 is 15.9 Å². The number of nitrogens with zero attached hydrogens (tertiary/aromatic N) is 5. The third-order valence-corrected chi connectivity index (χ3v) is 5.11. The molecule has 0 bridgehead atoms. The van der Waals surface area contributed by atoms with Crippen molar-refractivity contribution in [3.05, 3.63) is 82.3 Å². The van der Waals surface area contributed by atoms with Crippen LogP contribution in [0.2, 0.25) is 0 Å². The van der Waals surface area contributed by atoms with Gasteiger partial charge in [0.25, 0.3) is 0 Å². The number of hydrogen-bond acceptors (Lipinski definition) is 7. The molecule has 2 aliphatic rings. The van der Waals surface area contributed by atoms with Crippen molar-refractivity contribution in [2.45, 2.75) is 6.92 Å². The summed E-state index contributed by atoms with van der Waals surface area (Å²) in [5.74, 6) is 11.6. The maximum Gasteiger partial charge on any atom is 0.231 e. The van der Waals surface area contributed by atoms with Crippen LogP contribution in [0.5, 0.6) is 23.0 Å². The van der Waals surface area contributed by atoms with E-state index in [1.807, 2.05) is 69.0 Å². The van der Waals surface area contributed by atoms with E-state index in [0.29, 0.717) is 12.5 Å². The lowest BCUT2D eigenvalue weighted by atomic mass is 10.2. The second kappa shape index (κ2) is 14.0. The first kappa shape index (κ1) is 27.7. The molecular formula is C28H24BrN5O4. The highest BCUT2D eigenvalue weighted by Crippen LogP contribution is 2.34. The average molecular weight is 574 g/mol. The van der Waals surface area contributed by atoms with E-state index in [9.17, 15) is 0 Å². The fourth-order valence-corrected chi connectivity index (χ4v) is 3.29. The van der Waals surface area contributed by atoms with Crippen molar-refractivity contribution in [3.8, 4) is 53.3 Å². The summed E-state index contributed by atoms with van der Waals surface area (Å²) in [6.45, 7) is 2.05. The van der Waals surface area contributed by atoms with Crippen molar-refractivity contribution in [1.82, 2.24) is 19.6 Å². The van der Waals surface area contributed by atoms with Gasteiger partial charge in [0.15, 0.2) is 23.0 Å². The number of nitriles is 1. The third kappa shape index (κ3) is 8.37. The van der Waals surface area contributed by atoms with Crippen LogP contribution in [0.4, 0.5) is 0 Å². The Kier molecular flexibility index (Phi) is 10.2. The van der Waals surface area contributed by atoms with Gasteiger partial charge in [0.05, 0.1) is 6.07 Å². The molecule has 192 valence electrons. The Balaban J connectivity index is 0.000000162. The minimum atomic E-state index is 0.284. The largest absolute Gasteiger partial charge is 0.454 e. The Morgan fingerprint density at radius 3 is 1.84 bits per heavy atom. The fraction of sp³-hybridized carbons (Fsp3) is 0.179. The number of rotatable bonds is 0. The molecule has 9 nitrogen and oxygen atoms in total. The normalized spacial score (nSPS) is 11.0. The van der Waals surface area contributed by atoms with Gasteiger partial charge in [-0.25, -0.2) is 0 Å². The van der Waals surface area contributed by atoms with Crippen LogP contribution in [-0.4, -0.2) is 33.1 Å². The van der Waals surface area contributed by atoms with Gasteiger partial charge in [-0.2, -0.15) is 15.5 Å². The predicted molar refractivity (Wildman–Crippen MR) is 144 cm³/mol. The molecule has 0 unspecified atom stereocenters. The fourth-order valence-electron chi connectivity index (χ4n) is 2.95. The molecule has 2 aliphatic heterocycles. The van der Waals surface area contributed by atoms with Gasteiger partial charge in [0.2, 0.25) is 13.6 Å². The molecule has 0 aliphatic carbocycles. The van der Waals surface area contributed by atoms with Crippen LogP contribution in [-0.2, 0) is 14.1 Å². The first-order valence-corrected chi connectivity index (χ1v) is 11.9. The minimum Gasteiger partial charge on any atom is -0.454 e. The Hall–Kier alpha value is -4.85. The molecule has 0 saturated carbocycles. The van der Waals surface area contributed by atoms with E-state index in [1.54, 1.807) is 21.5 Å². The zero-order chi connectivity index (χ0) is 27.3. The van der Waals surface area contributed by atoms with Crippen LogP contribution in [0.1, 0.15) is 23.9 Å². The SMILES string of the molecule is Brc1ccc2c(c1)OCO2.C#Cc1ccn(C)n1.CC#N.Cn1ccc(C#Cc2ccc3c(c2)OCO3)n1. The molecule has 0 atom stereocenters. The van der Waals surface area contributed by atoms with E-state index >= 15 is 0 Å². The van der Waals surface area contributed by atoms with E-state index in [0.717, 1.165) is 38.7 Å². The topological polar surface area (TPSA) is 96.4 Å². The van der Waals surface area contributed by atoms with E-state index in [-0.39, 0.29) is 6.79 Å². The van der Waals surface area contributed by atoms with Crippen molar-refractivity contribution >= 4 is 15.9 Å². The minimum absolute atomic E-state index is 0.284. The Labute approximate surface area is 229 Å². The number of fused-ring (bicyclic) bond motifs is 2. The lowest BCUT2D eigenvalue weighted by Crippen LogP contribution is -1.92. The number of benzene rings is 2. The maximum atomic E-state index is 7.32. The summed E-state index contributed by atoms with van der Waals surface area (Å²) in [6.07, 6.45) is 8.72. The van der Waals surface area contributed by atoms with Gasteiger partial charge in [-0.15, -0.1) is 6.42 Å². The number of hydrogen-bond donors (Lipinski definition) is 0. The highest BCUT2D eigenvalue weighted by Gasteiger charge is 2.12. The molecule has 0 N–H and O–H groups in total. The van der Waals surface area contributed by atoms with Crippen molar-refractivity contribution in [1.29, 1.82) is 5.26 Å². The quantitative estimate of drug-likeness (QED) is 0.282. The van der Waals surface area contributed by atoms with Crippen LogP contribution < -0.4 is 18.9 Å². The molecule has 6 rings (SSSR count). The summed E-state index contributed by atoms with van der Waals surface area (Å²) in [5.41, 5.74) is 2.33. The maximum absolute atomic E-state index is 7.32. The second-order valence-corrected chi connectivity index (χ2v) is 8.35. The van der Waals surface area contributed by atoms with Crippen LogP contribution in [0.3, 0.4) is 0 Å². The van der Waals surface area contributed by atoms with E-state index < -0.39 is 0 Å². The summed E-state index contributed by atoms with van der Waals surface area (Å²) in [4.78, 5) is 0. The molecule has 0 amide bonds. The second-order valence-electron chi connectivity index (χ2n) is 7.43. The highest BCUT2D eigenvalue weighted by atomic mass is 79.9. The Morgan fingerprint density at radius 1 is 0.789 bits per heavy atom. The number of aryl methyl sites for hydroxylation is 2. The predicted octanol–water partition coefficient (Wildman–Crippen LogP) is 4.66. The average Bonchev–Trinajstić information content (AvgIpc) is 3.71. The van der Waals surface area contributed by atoms with Gasteiger partial charge in [0.1, 0.15) is 11.4 Å². The number of halogens is 1. The van der Waals surface area contributed by atoms with Gasteiger partial charge >= 0.3 is 0 Å². The number of terminal acetylenes is 1. The summed E-state index contributed by atoms with van der Waals surface area (Å²) in [7, 11) is 3.70. The number of aromatic nitrogens is 4. The molecule has 0 spiro atoms. The third-order valence-electron chi connectivity index (χ3n) is 4.62. The Morgan fingerprint density at radius 2 is 1.32 bits per heavy atom. The lowest BCUT2D eigenvalue weighted by molar-refractivity contribution is 0.173. The molecule has 0 saturated heterocycles. The van der Waals surface area contributed by atoms with E-state index in [2.05, 4.69) is 43.9 Å². The first-order valence-electron chi connectivity index (χ1n) is 11.2. The van der Waals surface area contributed by atoms with Crippen molar-refractivity contribution in [2.24, 2.45) is 14.1 Å². The van der Waals surface area contributed by atoms with Crippen molar-refractivity contribution < 1.29 is 18.9 Å². The standard InChI is InChI=1S/C13H10N2O2.C7H5BrO2.C6H6N2.C2H3N/c1-15-7-6-11(14-15)4-2-10-3-5-12-13(8-10)17-9-16-12;8-5-1-2-6-7(3-5)10-4-9-6;1-3-6-4-5-8(2)7-6;1-2-3/h3,5-8H,9H2,1H3;1-3H,4H2;1,4-5H,2H3;1H3. The number of ether oxygens (including phenoxy) is 4. The summed E-state index contributed by atoms with van der Waals surface area (Å²) < 4.78 is 25.2. The van der Waals surface area contributed by atoms with Crippen molar-refractivity contribution in [2.75, 3.05) is 13.6 Å². The zero-order valence-electron chi connectivity index (χ0n) is 21.0. The monoisotopic (exact) mass is 573 g/mol. The van der Waals surface area contributed by atoms with Gasteiger partial charge in [-0.05, 0) is 60.4 Å². The highest BCUT2D eigenvalue weighted by molar-refractivity contribution is 9.10. The molecule has 4 heterocycles. The Bertz CT molecular complexity index is 1520. The molecule has 2 aromatic carbocycles. The lowest BCUT2D eigenvalue weighted by Gasteiger charge is -1.94. The summed E-state index contributed by atoms with van der Waals surface area (Å²) in [6, 6.07) is 16.8. The molecule has 0 fully saturated rings. The summed E-state index contributed by atoms with van der Waals surface area (Å²) in [5, 5.41) is 15.4. The van der Waals surface area contributed by atoms with Gasteiger partial charge < -0.3 is 18.9 Å². The van der Waals surface area contributed by atoms with Crippen LogP contribution in [0.15, 0.2) is 65.4 Å². The smallest absolute Gasteiger partial charge is 0.231 e. The molecule has 38 heavy (non-hydrogen) atoms. The molecular weight excluding hydrogens is 550 g/mol. The first-order chi connectivity index (χ1) is 18.4. The van der Waals surface area contributed by atoms with E-state index in [4.69, 9.17) is 30.6 Å². The van der Waals surface area contributed by atoms with Crippen molar-refractivity contribution in [3.63, 3.8) is 0 Å². The van der Waals surface area contributed by atoms with E-state index in [1.165, 1.54) is 6.92 Å². The van der Waals surface area contributed by atoms with Gasteiger partial charge in [0, 0.05) is 43.4 Å². The van der Waals surface area contributed by atoms with Crippen LogP contribution in [0.25, 0.3) is 0 Å². The van der Waals surface area contributed by atoms with Gasteiger partial charge in [-0.3, -0.25) is 9.36 Å². The van der Waals surface area contributed by atoms with Gasteiger partial charge in [-0.1, -0.05) is 21.9 Å².